The molecule has 1 aromatic rings. The third-order valence-corrected chi connectivity index (χ3v) is 2.50. The molecule has 3 heteroatoms. The molecule has 0 spiro atoms. The molecule has 3 nitrogen and oxygen atoms in total. The molecule has 90 valence electrons. The van der Waals surface area contributed by atoms with Crippen LogP contribution in [0.15, 0.2) is 24.3 Å². The van der Waals surface area contributed by atoms with Gasteiger partial charge < -0.3 is 16.2 Å². The van der Waals surface area contributed by atoms with Crippen molar-refractivity contribution < 1.29 is 4.74 Å². The molecule has 0 aliphatic rings. The molecular formula is C13H22N2O. The van der Waals surface area contributed by atoms with E-state index in [4.69, 9.17) is 16.2 Å². The first-order chi connectivity index (χ1) is 7.83. The van der Waals surface area contributed by atoms with Crippen LogP contribution in [0, 0.1) is 0 Å². The summed E-state index contributed by atoms with van der Waals surface area (Å²) in [6.45, 7) is 1.59. The van der Waals surface area contributed by atoms with Gasteiger partial charge in [0, 0.05) is 5.69 Å². The van der Waals surface area contributed by atoms with Crippen molar-refractivity contribution >= 4 is 5.69 Å². The molecule has 4 N–H and O–H groups in total. The van der Waals surface area contributed by atoms with E-state index in [9.17, 15) is 0 Å². The summed E-state index contributed by atoms with van der Waals surface area (Å²) in [5.41, 5.74) is 11.8. The molecule has 0 atom stereocenters. The van der Waals surface area contributed by atoms with Crippen molar-refractivity contribution in [2.45, 2.75) is 32.1 Å². The number of nitrogens with two attached hydrogens (primary N) is 2. The van der Waals surface area contributed by atoms with Crippen LogP contribution in [0.3, 0.4) is 0 Å². The van der Waals surface area contributed by atoms with Crippen LogP contribution in [0.25, 0.3) is 0 Å². The second-order valence-electron chi connectivity index (χ2n) is 3.97. The Morgan fingerprint density at radius 1 is 0.875 bits per heavy atom. The fraction of sp³-hybridized carbons (Fsp3) is 0.538. The molecular weight excluding hydrogens is 200 g/mol. The third-order valence-electron chi connectivity index (χ3n) is 2.50. The largest absolute Gasteiger partial charge is 0.494 e. The molecule has 0 aliphatic carbocycles. The van der Waals surface area contributed by atoms with Crippen LogP contribution >= 0.6 is 0 Å². The molecule has 1 rings (SSSR count). The maximum Gasteiger partial charge on any atom is 0.119 e. The van der Waals surface area contributed by atoms with E-state index in [1.165, 1.54) is 19.3 Å². The Bertz CT molecular complexity index is 272. The van der Waals surface area contributed by atoms with E-state index >= 15 is 0 Å². The Morgan fingerprint density at radius 3 is 2.19 bits per heavy atom. The highest BCUT2D eigenvalue weighted by Crippen LogP contribution is 2.13. The van der Waals surface area contributed by atoms with Crippen LogP contribution in [-0.2, 0) is 0 Å². The minimum absolute atomic E-state index is 0.772. The van der Waals surface area contributed by atoms with Gasteiger partial charge in [0.2, 0.25) is 0 Å². The Kier molecular flexibility index (Phi) is 6.42. The Morgan fingerprint density at radius 2 is 1.50 bits per heavy atom. The van der Waals surface area contributed by atoms with E-state index in [1.54, 1.807) is 0 Å². The van der Waals surface area contributed by atoms with Crippen molar-refractivity contribution in [2.24, 2.45) is 5.73 Å². The fourth-order valence-electron chi connectivity index (χ4n) is 1.53. The van der Waals surface area contributed by atoms with Gasteiger partial charge in [0.15, 0.2) is 0 Å². The van der Waals surface area contributed by atoms with Crippen LogP contribution in [0.4, 0.5) is 5.69 Å². The van der Waals surface area contributed by atoms with Crippen LogP contribution < -0.4 is 16.2 Å². The van der Waals surface area contributed by atoms with E-state index in [1.807, 2.05) is 24.3 Å². The number of ether oxygens (including phenoxy) is 1. The zero-order chi connectivity index (χ0) is 11.6. The molecule has 0 saturated heterocycles. The second kappa shape index (κ2) is 7.99. The smallest absolute Gasteiger partial charge is 0.119 e. The van der Waals surface area contributed by atoms with Gasteiger partial charge in [-0.3, -0.25) is 0 Å². The topological polar surface area (TPSA) is 61.3 Å². The Labute approximate surface area is 97.8 Å². The summed E-state index contributed by atoms with van der Waals surface area (Å²) >= 11 is 0. The van der Waals surface area contributed by atoms with E-state index in [0.717, 1.165) is 37.4 Å². The van der Waals surface area contributed by atoms with Gasteiger partial charge in [-0.05, 0) is 43.7 Å². The average molecular weight is 222 g/mol. The highest BCUT2D eigenvalue weighted by atomic mass is 16.5. The first-order valence-corrected chi connectivity index (χ1v) is 6.01. The Balaban J connectivity index is 2.01. The number of anilines is 1. The van der Waals surface area contributed by atoms with Crippen molar-refractivity contribution in [2.75, 3.05) is 18.9 Å². The molecule has 0 heterocycles. The summed E-state index contributed by atoms with van der Waals surface area (Å²) in [6, 6.07) is 7.53. The quantitative estimate of drug-likeness (QED) is 0.525. The predicted octanol–water partition coefficient (Wildman–Crippen LogP) is 2.56. The van der Waals surface area contributed by atoms with Crippen LogP contribution in [-0.4, -0.2) is 13.2 Å². The van der Waals surface area contributed by atoms with Crippen LogP contribution in [0.1, 0.15) is 32.1 Å². The van der Waals surface area contributed by atoms with Gasteiger partial charge in [0.25, 0.3) is 0 Å². The first-order valence-electron chi connectivity index (χ1n) is 6.01. The normalized spacial score (nSPS) is 10.3. The minimum atomic E-state index is 0.772. The van der Waals surface area contributed by atoms with Gasteiger partial charge in [-0.1, -0.05) is 19.3 Å². The van der Waals surface area contributed by atoms with Gasteiger partial charge >= 0.3 is 0 Å². The molecule has 0 amide bonds. The van der Waals surface area contributed by atoms with E-state index in [2.05, 4.69) is 0 Å². The van der Waals surface area contributed by atoms with Gasteiger partial charge in [0.05, 0.1) is 6.61 Å². The van der Waals surface area contributed by atoms with Crippen LogP contribution in [0.2, 0.25) is 0 Å². The lowest BCUT2D eigenvalue weighted by Crippen LogP contribution is -1.99. The van der Waals surface area contributed by atoms with Crippen molar-refractivity contribution in [1.82, 2.24) is 0 Å². The second-order valence-corrected chi connectivity index (χ2v) is 3.97. The summed E-state index contributed by atoms with van der Waals surface area (Å²) in [4.78, 5) is 0. The molecule has 0 fully saturated rings. The first kappa shape index (κ1) is 12.8. The summed E-state index contributed by atoms with van der Waals surface area (Å²) in [7, 11) is 0. The van der Waals surface area contributed by atoms with Crippen molar-refractivity contribution in [3.8, 4) is 5.75 Å². The highest BCUT2D eigenvalue weighted by Gasteiger charge is 1.94. The minimum Gasteiger partial charge on any atom is -0.494 e. The van der Waals surface area contributed by atoms with Crippen molar-refractivity contribution in [1.29, 1.82) is 0 Å². The van der Waals surface area contributed by atoms with Crippen molar-refractivity contribution in [3.05, 3.63) is 24.3 Å². The molecule has 0 saturated carbocycles. The lowest BCUT2D eigenvalue weighted by Gasteiger charge is -2.06. The summed E-state index contributed by atoms with van der Waals surface area (Å²) in [5, 5.41) is 0. The number of rotatable bonds is 8. The van der Waals surface area contributed by atoms with Gasteiger partial charge in [-0.2, -0.15) is 0 Å². The van der Waals surface area contributed by atoms with E-state index in [-0.39, 0.29) is 0 Å². The molecule has 0 aromatic heterocycles. The monoisotopic (exact) mass is 222 g/mol. The fourth-order valence-corrected chi connectivity index (χ4v) is 1.53. The van der Waals surface area contributed by atoms with Gasteiger partial charge in [-0.25, -0.2) is 0 Å². The molecule has 0 bridgehead atoms. The van der Waals surface area contributed by atoms with E-state index in [0.29, 0.717) is 0 Å². The van der Waals surface area contributed by atoms with Crippen LogP contribution in [0.5, 0.6) is 5.75 Å². The highest BCUT2D eigenvalue weighted by molar-refractivity contribution is 5.41. The average Bonchev–Trinajstić information content (AvgIpc) is 2.30. The standard InChI is InChI=1S/C13H22N2O/c14-10-4-2-1-3-5-11-16-13-8-6-12(15)7-9-13/h6-9H,1-5,10-11,14-15H2. The van der Waals surface area contributed by atoms with E-state index < -0.39 is 0 Å². The number of hydrogen-bond acceptors (Lipinski definition) is 3. The number of unbranched alkanes of at least 4 members (excludes halogenated alkanes) is 4. The lowest BCUT2D eigenvalue weighted by molar-refractivity contribution is 0.304. The summed E-state index contributed by atoms with van der Waals surface area (Å²) in [5.74, 6) is 0.899. The van der Waals surface area contributed by atoms with Gasteiger partial charge in [0.1, 0.15) is 5.75 Å². The molecule has 16 heavy (non-hydrogen) atoms. The predicted molar refractivity (Wildman–Crippen MR) is 68.5 cm³/mol. The SMILES string of the molecule is NCCCCCCCOc1ccc(N)cc1. The summed E-state index contributed by atoms with van der Waals surface area (Å²) < 4.78 is 5.59. The zero-order valence-electron chi connectivity index (χ0n) is 9.82. The maximum absolute atomic E-state index is 5.59. The third kappa shape index (κ3) is 5.61. The van der Waals surface area contributed by atoms with Crippen molar-refractivity contribution in [3.63, 3.8) is 0 Å². The Hall–Kier alpha value is -1.22. The number of nitrogen functional groups attached to an aromatic ring is 1. The molecule has 0 unspecified atom stereocenters. The zero-order valence-corrected chi connectivity index (χ0v) is 9.82. The molecule has 0 aliphatic heterocycles. The lowest BCUT2D eigenvalue weighted by atomic mass is 10.1. The number of hydrogen-bond donors (Lipinski definition) is 2. The molecule has 1 aromatic carbocycles. The summed E-state index contributed by atoms with van der Waals surface area (Å²) in [6.07, 6.45) is 5.95. The number of benzene rings is 1. The maximum atomic E-state index is 5.59. The van der Waals surface area contributed by atoms with Gasteiger partial charge in [-0.15, -0.1) is 0 Å². The molecule has 0 radical (unpaired) electrons.